The van der Waals surface area contributed by atoms with E-state index in [-0.39, 0.29) is 5.78 Å². The molecule has 1 saturated carbocycles. The molecule has 0 N–H and O–H groups in total. The molecule has 1 aromatic rings. The van der Waals surface area contributed by atoms with Gasteiger partial charge in [-0.25, -0.2) is 4.98 Å². The molecule has 82 valence electrons. The monoisotopic (exact) mass is 207 g/mol. The summed E-state index contributed by atoms with van der Waals surface area (Å²) in [5.74, 6) is 1.23. The molecule has 1 aliphatic rings. The standard InChI is InChI=1S/C12H17NO2/c1-9(14)7-12-13-11(8-15-12)10-5-3-2-4-6-10/h8,10H,2-7H2,1H3. The van der Waals surface area contributed by atoms with Crippen molar-refractivity contribution in [3.63, 3.8) is 0 Å². The van der Waals surface area contributed by atoms with E-state index in [2.05, 4.69) is 4.98 Å². The molecule has 15 heavy (non-hydrogen) atoms. The van der Waals surface area contributed by atoms with E-state index < -0.39 is 0 Å². The SMILES string of the molecule is CC(=O)Cc1nc(C2CCCCC2)co1. The molecule has 0 saturated heterocycles. The Hall–Kier alpha value is -1.12. The Morgan fingerprint density at radius 2 is 2.20 bits per heavy atom. The van der Waals surface area contributed by atoms with Gasteiger partial charge in [-0.3, -0.25) is 4.79 Å². The van der Waals surface area contributed by atoms with E-state index in [1.165, 1.54) is 32.1 Å². The van der Waals surface area contributed by atoms with Gasteiger partial charge in [0.05, 0.1) is 12.1 Å². The molecule has 0 aromatic carbocycles. The summed E-state index contributed by atoms with van der Waals surface area (Å²) in [5, 5.41) is 0. The third kappa shape index (κ3) is 2.67. The number of Topliss-reactive ketones (excluding diaryl/α,β-unsaturated/α-hetero) is 1. The number of carbonyl (C=O) groups is 1. The number of nitrogens with zero attached hydrogens (tertiary/aromatic N) is 1. The highest BCUT2D eigenvalue weighted by atomic mass is 16.3. The third-order valence-electron chi connectivity index (χ3n) is 2.99. The fraction of sp³-hybridized carbons (Fsp3) is 0.667. The predicted molar refractivity (Wildman–Crippen MR) is 56.7 cm³/mol. The molecular formula is C12H17NO2. The van der Waals surface area contributed by atoms with Gasteiger partial charge in [-0.05, 0) is 19.8 Å². The lowest BCUT2D eigenvalue weighted by Crippen LogP contribution is -2.05. The highest BCUT2D eigenvalue weighted by Crippen LogP contribution is 2.31. The van der Waals surface area contributed by atoms with Gasteiger partial charge in [0.15, 0.2) is 0 Å². The maximum absolute atomic E-state index is 10.9. The van der Waals surface area contributed by atoms with Crippen molar-refractivity contribution in [3.8, 4) is 0 Å². The van der Waals surface area contributed by atoms with E-state index in [9.17, 15) is 4.79 Å². The summed E-state index contributed by atoms with van der Waals surface area (Å²) >= 11 is 0. The van der Waals surface area contributed by atoms with Crippen molar-refractivity contribution >= 4 is 5.78 Å². The second kappa shape index (κ2) is 4.60. The first-order valence-electron chi connectivity index (χ1n) is 5.69. The Morgan fingerprint density at radius 3 is 2.87 bits per heavy atom. The van der Waals surface area contributed by atoms with Crippen LogP contribution >= 0.6 is 0 Å². The summed E-state index contributed by atoms with van der Waals surface area (Å²) in [6.07, 6.45) is 8.41. The maximum Gasteiger partial charge on any atom is 0.201 e. The lowest BCUT2D eigenvalue weighted by Gasteiger charge is -2.18. The fourth-order valence-electron chi connectivity index (χ4n) is 2.21. The van der Waals surface area contributed by atoms with E-state index >= 15 is 0 Å². The normalized spacial score (nSPS) is 17.9. The fourth-order valence-corrected chi connectivity index (χ4v) is 2.21. The molecule has 0 aliphatic heterocycles. The van der Waals surface area contributed by atoms with Crippen LogP contribution in [-0.2, 0) is 11.2 Å². The van der Waals surface area contributed by atoms with Crippen molar-refractivity contribution in [1.29, 1.82) is 0 Å². The maximum atomic E-state index is 10.9. The Balaban J connectivity index is 2.02. The molecule has 0 unspecified atom stereocenters. The van der Waals surface area contributed by atoms with Crippen LogP contribution in [0.4, 0.5) is 0 Å². The van der Waals surface area contributed by atoms with Gasteiger partial charge >= 0.3 is 0 Å². The molecule has 0 bridgehead atoms. The first-order valence-corrected chi connectivity index (χ1v) is 5.69. The summed E-state index contributed by atoms with van der Waals surface area (Å²) < 4.78 is 5.30. The second-order valence-electron chi connectivity index (χ2n) is 4.38. The van der Waals surface area contributed by atoms with Crippen LogP contribution in [0.1, 0.15) is 56.5 Å². The highest BCUT2D eigenvalue weighted by molar-refractivity contribution is 5.77. The van der Waals surface area contributed by atoms with E-state index in [4.69, 9.17) is 4.42 Å². The molecule has 1 heterocycles. The zero-order valence-corrected chi connectivity index (χ0v) is 9.16. The van der Waals surface area contributed by atoms with Crippen LogP contribution in [0.15, 0.2) is 10.7 Å². The number of rotatable bonds is 3. The molecule has 0 radical (unpaired) electrons. The summed E-state index contributed by atoms with van der Waals surface area (Å²) in [5.41, 5.74) is 1.05. The molecule has 0 spiro atoms. The first kappa shape index (κ1) is 10.4. The van der Waals surface area contributed by atoms with Crippen molar-refractivity contribution in [2.75, 3.05) is 0 Å². The Bertz CT molecular complexity index is 337. The van der Waals surface area contributed by atoms with Crippen molar-refractivity contribution in [2.24, 2.45) is 0 Å². The van der Waals surface area contributed by atoms with Crippen molar-refractivity contribution in [3.05, 3.63) is 17.8 Å². The van der Waals surface area contributed by atoms with Gasteiger partial charge in [0.25, 0.3) is 0 Å². The summed E-state index contributed by atoms with van der Waals surface area (Å²) in [6.45, 7) is 1.56. The topological polar surface area (TPSA) is 43.1 Å². The lowest BCUT2D eigenvalue weighted by atomic mass is 9.87. The van der Waals surface area contributed by atoms with E-state index in [1.54, 1.807) is 13.2 Å². The number of hydrogen-bond acceptors (Lipinski definition) is 3. The molecule has 2 rings (SSSR count). The largest absolute Gasteiger partial charge is 0.448 e. The second-order valence-corrected chi connectivity index (χ2v) is 4.38. The van der Waals surface area contributed by atoms with Crippen LogP contribution in [0.2, 0.25) is 0 Å². The highest BCUT2D eigenvalue weighted by Gasteiger charge is 2.19. The number of aromatic nitrogens is 1. The van der Waals surface area contributed by atoms with Gasteiger partial charge in [-0.15, -0.1) is 0 Å². The van der Waals surface area contributed by atoms with Crippen molar-refractivity contribution < 1.29 is 9.21 Å². The van der Waals surface area contributed by atoms with Gasteiger partial charge in [-0.2, -0.15) is 0 Å². The zero-order valence-electron chi connectivity index (χ0n) is 9.16. The number of carbonyl (C=O) groups excluding carboxylic acids is 1. The summed E-state index contributed by atoms with van der Waals surface area (Å²) in [4.78, 5) is 15.3. The van der Waals surface area contributed by atoms with Crippen LogP contribution in [0.3, 0.4) is 0 Å². The molecule has 1 aromatic heterocycles. The van der Waals surface area contributed by atoms with E-state index in [0.29, 0.717) is 18.2 Å². The van der Waals surface area contributed by atoms with E-state index in [1.807, 2.05) is 0 Å². The van der Waals surface area contributed by atoms with Crippen molar-refractivity contribution in [1.82, 2.24) is 4.98 Å². The van der Waals surface area contributed by atoms with Crippen molar-refractivity contribution in [2.45, 2.75) is 51.4 Å². The lowest BCUT2D eigenvalue weighted by molar-refractivity contribution is -0.116. The van der Waals surface area contributed by atoms with Crippen LogP contribution in [0.5, 0.6) is 0 Å². The first-order chi connectivity index (χ1) is 7.25. The number of ketones is 1. The minimum absolute atomic E-state index is 0.104. The number of hydrogen-bond donors (Lipinski definition) is 0. The van der Waals surface area contributed by atoms with Crippen LogP contribution in [0.25, 0.3) is 0 Å². The van der Waals surface area contributed by atoms with Crippen LogP contribution in [0, 0.1) is 0 Å². The Kier molecular flexibility index (Phi) is 3.19. The van der Waals surface area contributed by atoms with Crippen LogP contribution < -0.4 is 0 Å². The summed E-state index contributed by atoms with van der Waals surface area (Å²) in [6, 6.07) is 0. The van der Waals surface area contributed by atoms with Gasteiger partial charge in [0.2, 0.25) is 5.89 Å². The minimum Gasteiger partial charge on any atom is -0.448 e. The van der Waals surface area contributed by atoms with Gasteiger partial charge < -0.3 is 4.42 Å². The number of oxazole rings is 1. The quantitative estimate of drug-likeness (QED) is 0.765. The van der Waals surface area contributed by atoms with E-state index in [0.717, 1.165) is 5.69 Å². The average molecular weight is 207 g/mol. The molecule has 3 nitrogen and oxygen atoms in total. The molecule has 0 amide bonds. The molecular weight excluding hydrogens is 190 g/mol. The molecule has 1 fully saturated rings. The molecule has 1 aliphatic carbocycles. The van der Waals surface area contributed by atoms with Gasteiger partial charge in [-0.1, -0.05) is 19.3 Å². The third-order valence-corrected chi connectivity index (χ3v) is 2.99. The van der Waals surface area contributed by atoms with Crippen LogP contribution in [-0.4, -0.2) is 10.8 Å². The minimum atomic E-state index is 0.104. The van der Waals surface area contributed by atoms with Gasteiger partial charge in [0, 0.05) is 5.92 Å². The predicted octanol–water partition coefficient (Wildman–Crippen LogP) is 2.85. The smallest absolute Gasteiger partial charge is 0.201 e. The molecule has 3 heteroatoms. The summed E-state index contributed by atoms with van der Waals surface area (Å²) in [7, 11) is 0. The zero-order chi connectivity index (χ0) is 10.7. The Morgan fingerprint density at radius 1 is 1.47 bits per heavy atom. The Labute approximate surface area is 89.9 Å². The van der Waals surface area contributed by atoms with Gasteiger partial charge in [0.1, 0.15) is 12.0 Å². The average Bonchev–Trinajstić information content (AvgIpc) is 2.67. The molecule has 0 atom stereocenters.